The lowest BCUT2D eigenvalue weighted by molar-refractivity contribution is 0.196. The number of nitrogens with zero attached hydrogens (tertiary/aromatic N) is 4. The van der Waals surface area contributed by atoms with Crippen LogP contribution in [0.4, 0.5) is 0 Å². The Kier molecular flexibility index (Phi) is 8.82. The zero-order valence-corrected chi connectivity index (χ0v) is 17.4. The van der Waals surface area contributed by atoms with Gasteiger partial charge < -0.3 is 15.2 Å². The SMILES string of the molecule is CCNC(=NCc1ccon1)NC1CCN(Cc2ccccn2)CC1.I. The number of rotatable bonds is 6. The van der Waals surface area contributed by atoms with Crippen LogP contribution >= 0.6 is 24.0 Å². The Balaban J connectivity index is 0.00000243. The van der Waals surface area contributed by atoms with Crippen LogP contribution in [0, 0.1) is 0 Å². The summed E-state index contributed by atoms with van der Waals surface area (Å²) in [6.45, 7) is 6.48. The van der Waals surface area contributed by atoms with Gasteiger partial charge in [-0.25, -0.2) is 4.99 Å². The largest absolute Gasteiger partial charge is 0.364 e. The molecule has 0 atom stereocenters. The molecule has 2 aromatic rings. The first-order valence-electron chi connectivity index (χ1n) is 8.90. The quantitative estimate of drug-likeness (QED) is 0.384. The molecular weight excluding hydrogens is 443 g/mol. The van der Waals surface area contributed by atoms with Crippen LogP contribution in [-0.2, 0) is 13.1 Å². The molecule has 2 N–H and O–H groups in total. The summed E-state index contributed by atoms with van der Waals surface area (Å²) in [5, 5.41) is 10.7. The minimum atomic E-state index is 0. The van der Waals surface area contributed by atoms with Crippen LogP contribution in [0.2, 0.25) is 0 Å². The van der Waals surface area contributed by atoms with Crippen molar-refractivity contribution in [1.82, 2.24) is 25.7 Å². The van der Waals surface area contributed by atoms with Crippen molar-refractivity contribution in [2.24, 2.45) is 4.99 Å². The highest BCUT2D eigenvalue weighted by Gasteiger charge is 2.20. The molecule has 3 heterocycles. The number of aliphatic imine (C=N–C) groups is 1. The smallest absolute Gasteiger partial charge is 0.191 e. The van der Waals surface area contributed by atoms with E-state index in [2.05, 4.69) is 43.7 Å². The van der Waals surface area contributed by atoms with Gasteiger partial charge in [0, 0.05) is 44.5 Å². The van der Waals surface area contributed by atoms with E-state index >= 15 is 0 Å². The highest BCUT2D eigenvalue weighted by molar-refractivity contribution is 14.0. The fourth-order valence-corrected chi connectivity index (χ4v) is 2.95. The topological polar surface area (TPSA) is 78.6 Å². The van der Waals surface area contributed by atoms with Crippen molar-refractivity contribution in [3.63, 3.8) is 0 Å². The minimum absolute atomic E-state index is 0. The third kappa shape index (κ3) is 6.56. The van der Waals surface area contributed by atoms with E-state index in [1.165, 1.54) is 0 Å². The van der Waals surface area contributed by atoms with Gasteiger partial charge >= 0.3 is 0 Å². The molecule has 0 amide bonds. The predicted molar refractivity (Wildman–Crippen MR) is 112 cm³/mol. The second-order valence-electron chi connectivity index (χ2n) is 6.20. The zero-order chi connectivity index (χ0) is 17.3. The van der Waals surface area contributed by atoms with Gasteiger partial charge in [-0.3, -0.25) is 9.88 Å². The summed E-state index contributed by atoms with van der Waals surface area (Å²) < 4.78 is 4.85. The van der Waals surface area contributed by atoms with E-state index in [1.54, 1.807) is 6.26 Å². The van der Waals surface area contributed by atoms with E-state index in [9.17, 15) is 0 Å². The molecule has 0 radical (unpaired) electrons. The summed E-state index contributed by atoms with van der Waals surface area (Å²) in [6.07, 6.45) is 5.63. The Morgan fingerprint density at radius 3 is 2.77 bits per heavy atom. The van der Waals surface area contributed by atoms with Crippen LogP contribution in [0.25, 0.3) is 0 Å². The van der Waals surface area contributed by atoms with Gasteiger partial charge in [0.2, 0.25) is 0 Å². The van der Waals surface area contributed by atoms with Gasteiger partial charge in [0.25, 0.3) is 0 Å². The van der Waals surface area contributed by atoms with E-state index in [-0.39, 0.29) is 24.0 Å². The lowest BCUT2D eigenvalue weighted by Gasteiger charge is -2.32. The normalized spacial score (nSPS) is 16.1. The van der Waals surface area contributed by atoms with Gasteiger partial charge in [-0.05, 0) is 31.9 Å². The Morgan fingerprint density at radius 1 is 1.27 bits per heavy atom. The standard InChI is InChI=1S/C18H26N6O.HI/c1-2-19-18(21-13-16-8-12-25-23-16)22-15-6-10-24(11-7-15)14-17-5-3-4-9-20-17;/h3-5,8-9,12,15H,2,6-7,10-11,13-14H2,1H3,(H2,19,21,22);1H. The Hall–Kier alpha value is -1.68. The third-order valence-corrected chi connectivity index (χ3v) is 4.27. The van der Waals surface area contributed by atoms with Crippen LogP contribution < -0.4 is 10.6 Å². The number of hydrogen-bond donors (Lipinski definition) is 2. The molecule has 0 spiro atoms. The molecule has 0 bridgehead atoms. The molecular formula is C18H27IN6O. The van der Waals surface area contributed by atoms with Crippen molar-refractivity contribution in [2.75, 3.05) is 19.6 Å². The summed E-state index contributed by atoms with van der Waals surface area (Å²) in [4.78, 5) is 11.5. The Bertz CT molecular complexity index is 641. The van der Waals surface area contributed by atoms with Crippen molar-refractivity contribution in [1.29, 1.82) is 0 Å². The molecule has 26 heavy (non-hydrogen) atoms. The summed E-state index contributed by atoms with van der Waals surface area (Å²) in [5.41, 5.74) is 1.97. The van der Waals surface area contributed by atoms with Crippen LogP contribution in [0.15, 0.2) is 46.2 Å². The van der Waals surface area contributed by atoms with Crippen LogP contribution in [0.3, 0.4) is 0 Å². The predicted octanol–water partition coefficient (Wildman–Crippen LogP) is 2.41. The van der Waals surface area contributed by atoms with Gasteiger partial charge in [0.15, 0.2) is 5.96 Å². The molecule has 0 aromatic carbocycles. The van der Waals surface area contributed by atoms with E-state index < -0.39 is 0 Å². The Morgan fingerprint density at radius 2 is 2.12 bits per heavy atom. The molecule has 0 saturated carbocycles. The van der Waals surface area contributed by atoms with Crippen molar-refractivity contribution < 1.29 is 4.52 Å². The molecule has 3 rings (SSSR count). The third-order valence-electron chi connectivity index (χ3n) is 4.27. The first-order chi connectivity index (χ1) is 12.3. The van der Waals surface area contributed by atoms with Gasteiger partial charge in [0.05, 0.1) is 12.2 Å². The monoisotopic (exact) mass is 470 g/mol. The van der Waals surface area contributed by atoms with E-state index in [0.29, 0.717) is 12.6 Å². The van der Waals surface area contributed by atoms with Crippen LogP contribution in [-0.4, -0.2) is 46.7 Å². The fraction of sp³-hybridized carbons (Fsp3) is 0.500. The molecule has 0 unspecified atom stereocenters. The number of likely N-dealkylation sites (tertiary alicyclic amines) is 1. The molecule has 1 aliphatic heterocycles. The lowest BCUT2D eigenvalue weighted by atomic mass is 10.0. The van der Waals surface area contributed by atoms with Crippen molar-refractivity contribution >= 4 is 29.9 Å². The van der Waals surface area contributed by atoms with E-state index in [1.807, 2.05) is 24.4 Å². The average molecular weight is 470 g/mol. The Labute approximate surface area is 171 Å². The van der Waals surface area contributed by atoms with Crippen LogP contribution in [0.5, 0.6) is 0 Å². The van der Waals surface area contributed by atoms with E-state index in [4.69, 9.17) is 4.52 Å². The number of piperidine rings is 1. The van der Waals surface area contributed by atoms with Crippen molar-refractivity contribution in [3.05, 3.63) is 48.1 Å². The number of pyridine rings is 1. The molecule has 1 aliphatic rings. The molecule has 1 saturated heterocycles. The second kappa shape index (κ2) is 11.1. The van der Waals surface area contributed by atoms with Gasteiger partial charge in [-0.2, -0.15) is 0 Å². The first-order valence-corrected chi connectivity index (χ1v) is 8.90. The zero-order valence-electron chi connectivity index (χ0n) is 15.1. The summed E-state index contributed by atoms with van der Waals surface area (Å²) in [5.74, 6) is 0.841. The maximum atomic E-state index is 4.85. The van der Waals surface area contributed by atoms with Gasteiger partial charge in [0.1, 0.15) is 12.0 Å². The van der Waals surface area contributed by atoms with E-state index in [0.717, 1.165) is 56.4 Å². The van der Waals surface area contributed by atoms with Crippen molar-refractivity contribution in [2.45, 2.75) is 38.9 Å². The first kappa shape index (κ1) is 20.6. The highest BCUT2D eigenvalue weighted by atomic mass is 127. The average Bonchev–Trinajstić information content (AvgIpc) is 3.16. The molecule has 0 aliphatic carbocycles. The number of guanidine groups is 1. The van der Waals surface area contributed by atoms with Gasteiger partial charge in [-0.1, -0.05) is 11.2 Å². The maximum Gasteiger partial charge on any atom is 0.191 e. The number of aromatic nitrogens is 2. The van der Waals surface area contributed by atoms with Gasteiger partial charge in [-0.15, -0.1) is 24.0 Å². The second-order valence-corrected chi connectivity index (χ2v) is 6.20. The number of hydrogen-bond acceptors (Lipinski definition) is 5. The summed E-state index contributed by atoms with van der Waals surface area (Å²) in [7, 11) is 0. The molecule has 142 valence electrons. The maximum absolute atomic E-state index is 4.85. The molecule has 8 heteroatoms. The molecule has 2 aromatic heterocycles. The molecule has 7 nitrogen and oxygen atoms in total. The minimum Gasteiger partial charge on any atom is -0.364 e. The van der Waals surface area contributed by atoms with Crippen LogP contribution in [0.1, 0.15) is 31.2 Å². The van der Waals surface area contributed by atoms with Crippen molar-refractivity contribution in [3.8, 4) is 0 Å². The summed E-state index contributed by atoms with van der Waals surface area (Å²) in [6, 6.07) is 8.37. The lowest BCUT2D eigenvalue weighted by Crippen LogP contribution is -2.48. The molecule has 1 fully saturated rings. The fourth-order valence-electron chi connectivity index (χ4n) is 2.95. The summed E-state index contributed by atoms with van der Waals surface area (Å²) >= 11 is 0. The number of halogens is 1. The highest BCUT2D eigenvalue weighted by Crippen LogP contribution is 2.13. The number of nitrogens with one attached hydrogen (secondary N) is 2.